The maximum Gasteiger partial charge on any atom is 0.0772 e. The van der Waals surface area contributed by atoms with Crippen LogP contribution >= 0.6 is 34.0 Å². The van der Waals surface area contributed by atoms with Crippen LogP contribution in [-0.4, -0.2) is 0 Å². The normalized spacial score (nSPS) is 11.2. The third-order valence-corrected chi connectivity index (χ3v) is 9.91. The molecule has 0 saturated heterocycles. The molecule has 33 heavy (non-hydrogen) atoms. The lowest BCUT2D eigenvalue weighted by Crippen LogP contribution is -1.95. The molecule has 0 saturated carbocycles. The highest BCUT2D eigenvalue weighted by Gasteiger charge is 2.21. The Kier molecular flexibility index (Phi) is 11.8. The molecule has 0 aromatic carbocycles. The molecular formula is C30H40S3. The summed E-state index contributed by atoms with van der Waals surface area (Å²) >= 11 is 5.69. The summed E-state index contributed by atoms with van der Waals surface area (Å²) in [5, 5.41) is 2.22. The fourth-order valence-corrected chi connectivity index (χ4v) is 7.77. The van der Waals surface area contributed by atoms with Gasteiger partial charge in [-0.15, -0.1) is 40.4 Å². The van der Waals surface area contributed by atoms with Crippen LogP contribution in [0.25, 0.3) is 19.5 Å². The van der Waals surface area contributed by atoms with E-state index in [1.165, 1.54) is 109 Å². The molecule has 3 heterocycles. The van der Waals surface area contributed by atoms with Crippen molar-refractivity contribution in [3.63, 3.8) is 0 Å². The lowest BCUT2D eigenvalue weighted by Gasteiger charge is -2.09. The highest BCUT2D eigenvalue weighted by molar-refractivity contribution is 7.26. The first kappa shape index (κ1) is 26.3. The second kappa shape index (κ2) is 14.8. The van der Waals surface area contributed by atoms with Gasteiger partial charge in [0.15, 0.2) is 0 Å². The van der Waals surface area contributed by atoms with Crippen LogP contribution in [0.5, 0.6) is 0 Å². The Labute approximate surface area is 214 Å². The van der Waals surface area contributed by atoms with Gasteiger partial charge in [0.2, 0.25) is 0 Å². The van der Waals surface area contributed by atoms with Crippen LogP contribution in [0.2, 0.25) is 0 Å². The number of rotatable bonds is 16. The molecule has 0 spiro atoms. The van der Waals surface area contributed by atoms with Crippen LogP contribution < -0.4 is 0 Å². The van der Waals surface area contributed by atoms with Gasteiger partial charge in [-0.3, -0.25) is 0 Å². The molecule has 0 unspecified atom stereocenters. The Bertz CT molecular complexity index is 965. The van der Waals surface area contributed by atoms with E-state index in [0.717, 1.165) is 4.88 Å². The fraction of sp³-hybridized carbons (Fsp3) is 0.533. The molecule has 0 nitrogen and oxygen atoms in total. The van der Waals surface area contributed by atoms with Gasteiger partial charge in [0, 0.05) is 19.5 Å². The Morgan fingerprint density at radius 3 is 1.76 bits per heavy atom. The zero-order chi connectivity index (χ0) is 23.3. The molecule has 3 aromatic heterocycles. The second-order valence-corrected chi connectivity index (χ2v) is 12.1. The molecule has 0 radical (unpaired) electrons. The molecule has 3 rings (SSSR count). The zero-order valence-electron chi connectivity index (χ0n) is 20.6. The second-order valence-electron chi connectivity index (χ2n) is 9.04. The first-order chi connectivity index (χ1) is 16.3. The van der Waals surface area contributed by atoms with E-state index >= 15 is 0 Å². The average molecular weight is 497 g/mol. The van der Waals surface area contributed by atoms with E-state index in [4.69, 9.17) is 6.42 Å². The van der Waals surface area contributed by atoms with Crippen molar-refractivity contribution in [2.45, 2.75) is 104 Å². The Hall–Kier alpha value is -1.34. The summed E-state index contributed by atoms with van der Waals surface area (Å²) in [4.78, 5) is 6.84. The van der Waals surface area contributed by atoms with Gasteiger partial charge in [-0.2, -0.15) is 0 Å². The Balaban J connectivity index is 1.84. The summed E-state index contributed by atoms with van der Waals surface area (Å²) in [6, 6.07) is 8.87. The van der Waals surface area contributed by atoms with Gasteiger partial charge in [-0.25, -0.2) is 0 Å². The molecule has 3 aromatic rings. The molecule has 0 atom stereocenters. The molecule has 0 aliphatic rings. The minimum Gasteiger partial charge on any atom is -0.143 e. The summed E-state index contributed by atoms with van der Waals surface area (Å²) in [5.74, 6) is 2.84. The molecule has 0 fully saturated rings. The van der Waals surface area contributed by atoms with E-state index in [2.05, 4.69) is 49.4 Å². The van der Waals surface area contributed by atoms with Crippen molar-refractivity contribution in [1.29, 1.82) is 0 Å². The predicted molar refractivity (Wildman–Crippen MR) is 153 cm³/mol. The van der Waals surface area contributed by atoms with Gasteiger partial charge >= 0.3 is 0 Å². The van der Waals surface area contributed by atoms with Crippen LogP contribution in [0.3, 0.4) is 0 Å². The summed E-state index contributed by atoms with van der Waals surface area (Å²) in [7, 11) is 0. The van der Waals surface area contributed by atoms with Crippen molar-refractivity contribution in [3.05, 3.63) is 45.6 Å². The van der Waals surface area contributed by atoms with Crippen molar-refractivity contribution in [2.75, 3.05) is 0 Å². The number of hydrogen-bond acceptors (Lipinski definition) is 3. The van der Waals surface area contributed by atoms with Gasteiger partial charge in [0.1, 0.15) is 0 Å². The highest BCUT2D eigenvalue weighted by Crippen LogP contribution is 2.46. The van der Waals surface area contributed by atoms with Gasteiger partial charge in [-0.05, 0) is 60.4 Å². The van der Waals surface area contributed by atoms with Crippen molar-refractivity contribution in [2.24, 2.45) is 0 Å². The molecule has 3 heteroatoms. The number of terminal acetylenes is 1. The predicted octanol–water partition coefficient (Wildman–Crippen LogP) is 11.0. The summed E-state index contributed by atoms with van der Waals surface area (Å²) in [6.07, 6.45) is 24.3. The van der Waals surface area contributed by atoms with E-state index < -0.39 is 0 Å². The lowest BCUT2D eigenvalue weighted by atomic mass is 9.95. The largest absolute Gasteiger partial charge is 0.143 e. The van der Waals surface area contributed by atoms with Crippen LogP contribution in [0.15, 0.2) is 29.6 Å². The van der Waals surface area contributed by atoms with E-state index in [-0.39, 0.29) is 0 Å². The quantitative estimate of drug-likeness (QED) is 0.137. The zero-order valence-corrected chi connectivity index (χ0v) is 23.0. The highest BCUT2D eigenvalue weighted by atomic mass is 32.1. The van der Waals surface area contributed by atoms with Crippen molar-refractivity contribution < 1.29 is 0 Å². The van der Waals surface area contributed by atoms with Crippen molar-refractivity contribution in [1.82, 2.24) is 0 Å². The minimum absolute atomic E-state index is 1.04. The lowest BCUT2D eigenvalue weighted by molar-refractivity contribution is 0.600. The van der Waals surface area contributed by atoms with Gasteiger partial charge in [0.05, 0.1) is 4.88 Å². The first-order valence-corrected chi connectivity index (χ1v) is 15.5. The van der Waals surface area contributed by atoms with Crippen molar-refractivity contribution >= 4 is 34.0 Å². The molecule has 0 N–H and O–H groups in total. The maximum atomic E-state index is 5.71. The fourth-order valence-electron chi connectivity index (χ4n) is 4.54. The third kappa shape index (κ3) is 7.84. The van der Waals surface area contributed by atoms with Crippen molar-refractivity contribution in [3.8, 4) is 31.9 Å². The SMILES string of the molecule is C#Cc1ccc(-c2sc(-c3cccs3)c(CCCCCCCC)c2CCCCCCCC)s1. The molecule has 0 amide bonds. The number of thiophene rings is 3. The molecule has 0 aliphatic heterocycles. The van der Waals surface area contributed by atoms with Crippen LogP contribution in [0.4, 0.5) is 0 Å². The van der Waals surface area contributed by atoms with Crippen LogP contribution in [0, 0.1) is 12.3 Å². The molecule has 0 aliphatic carbocycles. The third-order valence-electron chi connectivity index (χ3n) is 6.39. The minimum atomic E-state index is 1.04. The van der Waals surface area contributed by atoms with E-state index in [9.17, 15) is 0 Å². The van der Waals surface area contributed by atoms with Gasteiger partial charge in [-0.1, -0.05) is 90.0 Å². The van der Waals surface area contributed by atoms with E-state index in [1.54, 1.807) is 22.5 Å². The van der Waals surface area contributed by atoms with E-state index in [1.807, 2.05) is 22.7 Å². The first-order valence-electron chi connectivity index (χ1n) is 13.0. The molecule has 178 valence electrons. The standard InChI is InChI=1S/C30H40S3/c1-4-7-9-11-13-15-18-25-26(19-16-14-12-10-8-5-2)30(28-22-21-24(6-3)32-28)33-29(25)27-20-17-23-31-27/h3,17,20-23H,4-5,7-16,18-19H2,1-2H3. The summed E-state index contributed by atoms with van der Waals surface area (Å²) < 4.78 is 0. The van der Waals surface area contributed by atoms with Crippen LogP contribution in [-0.2, 0) is 12.8 Å². The van der Waals surface area contributed by atoms with Crippen LogP contribution in [0.1, 0.15) is 107 Å². The molecule has 0 bridgehead atoms. The number of unbranched alkanes of at least 4 members (excludes halogenated alkanes) is 10. The smallest absolute Gasteiger partial charge is 0.0772 e. The summed E-state index contributed by atoms with van der Waals surface area (Å²) in [6.45, 7) is 4.59. The Morgan fingerprint density at radius 2 is 1.24 bits per heavy atom. The summed E-state index contributed by atoms with van der Waals surface area (Å²) in [5.41, 5.74) is 3.26. The monoisotopic (exact) mass is 496 g/mol. The average Bonchev–Trinajstić information content (AvgIpc) is 3.58. The van der Waals surface area contributed by atoms with Gasteiger partial charge < -0.3 is 0 Å². The number of hydrogen-bond donors (Lipinski definition) is 0. The van der Waals surface area contributed by atoms with E-state index in [0.29, 0.717) is 0 Å². The molecular weight excluding hydrogens is 457 g/mol. The Morgan fingerprint density at radius 1 is 0.667 bits per heavy atom. The maximum absolute atomic E-state index is 5.71. The topological polar surface area (TPSA) is 0 Å². The van der Waals surface area contributed by atoms with Gasteiger partial charge in [0.25, 0.3) is 0 Å².